The molecule has 0 radical (unpaired) electrons. The van der Waals surface area contributed by atoms with Crippen molar-refractivity contribution in [1.82, 2.24) is 15.5 Å². The molecule has 0 unspecified atom stereocenters. The summed E-state index contributed by atoms with van der Waals surface area (Å²) in [5.41, 5.74) is -0.404. The van der Waals surface area contributed by atoms with Crippen molar-refractivity contribution in [3.63, 3.8) is 0 Å². The summed E-state index contributed by atoms with van der Waals surface area (Å²) in [5.74, 6) is -0.966. The van der Waals surface area contributed by atoms with Crippen LogP contribution in [0.5, 0.6) is 0 Å². The lowest BCUT2D eigenvalue weighted by molar-refractivity contribution is -0.150. The van der Waals surface area contributed by atoms with E-state index in [1.54, 1.807) is 7.05 Å². The fourth-order valence-electron chi connectivity index (χ4n) is 4.31. The molecule has 1 aromatic carbocycles. The largest absolute Gasteiger partial charge is 0.357 e. The van der Waals surface area contributed by atoms with Gasteiger partial charge in [0.1, 0.15) is 6.04 Å². The van der Waals surface area contributed by atoms with Gasteiger partial charge in [0.15, 0.2) is 0 Å². The molecular weight excluding hydrogens is 454 g/mol. The van der Waals surface area contributed by atoms with Gasteiger partial charge in [-0.15, -0.1) is 0 Å². The van der Waals surface area contributed by atoms with Crippen molar-refractivity contribution in [3.8, 4) is 0 Å². The average Bonchev–Trinajstić information content (AvgIpc) is 2.71. The van der Waals surface area contributed by atoms with E-state index in [1.807, 2.05) is 78.8 Å². The van der Waals surface area contributed by atoms with Crippen LogP contribution in [-0.4, -0.2) is 61.9 Å². The Bertz CT molecular complexity index is 966. The summed E-state index contributed by atoms with van der Waals surface area (Å²) in [4.78, 5) is 28.9. The molecule has 3 atom stereocenters. The van der Waals surface area contributed by atoms with Crippen LogP contribution in [0.15, 0.2) is 41.8 Å². The highest BCUT2D eigenvalue weighted by atomic mass is 32.2. The summed E-state index contributed by atoms with van der Waals surface area (Å²) in [6, 6.07) is 7.17. The number of carbonyl (C=O) groups is 2. The summed E-state index contributed by atoms with van der Waals surface area (Å²) in [7, 11) is -1.23. The van der Waals surface area contributed by atoms with Crippen molar-refractivity contribution in [2.24, 2.45) is 11.3 Å². The van der Waals surface area contributed by atoms with E-state index in [-0.39, 0.29) is 17.7 Å². The predicted octanol–water partition coefficient (Wildman–Crippen LogP) is 2.97. The van der Waals surface area contributed by atoms with Crippen molar-refractivity contribution in [2.75, 3.05) is 14.1 Å². The van der Waals surface area contributed by atoms with Crippen LogP contribution in [0, 0.1) is 11.3 Å². The van der Waals surface area contributed by atoms with Crippen molar-refractivity contribution < 1.29 is 22.6 Å². The molecule has 34 heavy (non-hydrogen) atoms. The van der Waals surface area contributed by atoms with Crippen LogP contribution in [-0.2, 0) is 25.1 Å². The third-order valence-corrected chi connectivity index (χ3v) is 6.58. The molecule has 0 aromatic heterocycles. The number of likely N-dealkylation sites (N-methyl/N-ethyl adjacent to an activating group) is 2. The SMILES string of the molecule is CNC(=O)[C@@H](N(C(=O)[C@@H](NC)C(C)(C)c1ccccc1)[C@H](/C=C/S(=O)(=O)O)C(C)C)C(C)(C)C. The first-order valence-corrected chi connectivity index (χ1v) is 12.9. The zero-order valence-electron chi connectivity index (χ0n) is 21.8. The number of nitrogens with zero attached hydrogens (tertiary/aromatic N) is 1. The highest BCUT2D eigenvalue weighted by Gasteiger charge is 2.47. The predicted molar refractivity (Wildman–Crippen MR) is 136 cm³/mol. The van der Waals surface area contributed by atoms with Gasteiger partial charge in [-0.1, -0.05) is 78.8 Å². The summed E-state index contributed by atoms with van der Waals surface area (Å²) in [5, 5.41) is 6.47. The Hall–Kier alpha value is -2.23. The van der Waals surface area contributed by atoms with Crippen LogP contribution in [0.1, 0.15) is 54.0 Å². The molecular formula is C25H41N3O5S. The molecule has 0 heterocycles. The molecule has 0 saturated carbocycles. The monoisotopic (exact) mass is 495 g/mol. The smallest absolute Gasteiger partial charge is 0.287 e. The van der Waals surface area contributed by atoms with Gasteiger partial charge in [-0.2, -0.15) is 8.42 Å². The fourth-order valence-corrected chi connectivity index (χ4v) is 4.67. The van der Waals surface area contributed by atoms with Gasteiger partial charge < -0.3 is 15.5 Å². The lowest BCUT2D eigenvalue weighted by Gasteiger charge is -2.47. The number of hydrogen-bond donors (Lipinski definition) is 3. The Morgan fingerprint density at radius 1 is 1.03 bits per heavy atom. The Morgan fingerprint density at radius 2 is 1.56 bits per heavy atom. The second-order valence-corrected chi connectivity index (χ2v) is 11.8. The first-order valence-electron chi connectivity index (χ1n) is 11.4. The van der Waals surface area contributed by atoms with Crippen molar-refractivity contribution in [2.45, 2.75) is 72.0 Å². The number of hydrogen-bond acceptors (Lipinski definition) is 5. The first-order chi connectivity index (χ1) is 15.5. The van der Waals surface area contributed by atoms with Gasteiger partial charge >= 0.3 is 0 Å². The van der Waals surface area contributed by atoms with Gasteiger partial charge in [0, 0.05) is 12.5 Å². The van der Waals surface area contributed by atoms with E-state index in [2.05, 4.69) is 10.6 Å². The molecule has 0 spiro atoms. The average molecular weight is 496 g/mol. The molecule has 1 aromatic rings. The first kappa shape index (κ1) is 29.8. The van der Waals surface area contributed by atoms with Crippen LogP contribution in [0.25, 0.3) is 0 Å². The number of rotatable bonds is 10. The quantitative estimate of drug-likeness (QED) is 0.430. The topological polar surface area (TPSA) is 116 Å². The minimum atomic E-state index is -4.43. The molecule has 9 heteroatoms. The number of nitrogens with one attached hydrogen (secondary N) is 2. The fraction of sp³-hybridized carbons (Fsp3) is 0.600. The van der Waals surface area contributed by atoms with Crippen molar-refractivity contribution in [1.29, 1.82) is 0 Å². The second-order valence-electron chi connectivity index (χ2n) is 10.5. The third-order valence-electron chi connectivity index (χ3n) is 6.07. The summed E-state index contributed by atoms with van der Waals surface area (Å²) in [6.45, 7) is 13.1. The van der Waals surface area contributed by atoms with Crippen LogP contribution in [0.2, 0.25) is 0 Å². The molecule has 8 nitrogen and oxygen atoms in total. The minimum Gasteiger partial charge on any atom is -0.357 e. The molecule has 1 rings (SSSR count). The molecule has 0 bridgehead atoms. The van der Waals surface area contributed by atoms with Gasteiger partial charge in [-0.05, 0) is 30.0 Å². The van der Waals surface area contributed by atoms with E-state index in [0.29, 0.717) is 5.41 Å². The highest BCUT2D eigenvalue weighted by molar-refractivity contribution is 7.88. The maximum Gasteiger partial charge on any atom is 0.287 e. The van der Waals surface area contributed by atoms with E-state index in [9.17, 15) is 22.6 Å². The van der Waals surface area contributed by atoms with Gasteiger partial charge in [0.2, 0.25) is 11.8 Å². The Morgan fingerprint density at radius 3 is 1.94 bits per heavy atom. The molecule has 0 aliphatic heterocycles. The maximum atomic E-state index is 14.3. The minimum absolute atomic E-state index is 0.256. The van der Waals surface area contributed by atoms with Crippen molar-refractivity contribution in [3.05, 3.63) is 47.4 Å². The van der Waals surface area contributed by atoms with Crippen LogP contribution in [0.3, 0.4) is 0 Å². The molecule has 0 aliphatic carbocycles. The van der Waals surface area contributed by atoms with E-state index >= 15 is 0 Å². The Labute approximate surface area is 204 Å². The lowest BCUT2D eigenvalue weighted by Crippen LogP contribution is -2.65. The van der Waals surface area contributed by atoms with E-state index in [0.717, 1.165) is 5.56 Å². The van der Waals surface area contributed by atoms with Gasteiger partial charge in [0.25, 0.3) is 10.1 Å². The third kappa shape index (κ3) is 7.38. The number of amides is 2. The van der Waals surface area contributed by atoms with Crippen molar-refractivity contribution >= 4 is 21.9 Å². The molecule has 3 N–H and O–H groups in total. The van der Waals surface area contributed by atoms with Crippen LogP contribution < -0.4 is 10.6 Å². The lowest BCUT2D eigenvalue weighted by atomic mass is 9.75. The number of carbonyl (C=O) groups excluding carboxylic acids is 2. The second kappa shape index (κ2) is 11.5. The van der Waals surface area contributed by atoms with E-state index < -0.39 is 39.1 Å². The summed E-state index contributed by atoms with van der Waals surface area (Å²) in [6.07, 6.45) is 1.28. The summed E-state index contributed by atoms with van der Waals surface area (Å²) >= 11 is 0. The Balaban J connectivity index is 3.82. The zero-order valence-corrected chi connectivity index (χ0v) is 22.6. The van der Waals surface area contributed by atoms with E-state index in [1.165, 1.54) is 18.0 Å². The Kier molecular flexibility index (Phi) is 10.0. The standard InChI is InChI=1S/C25H41N3O5S/c1-17(2)19(15-16-34(31,32)33)28(21(22(29)27-9)24(3,4)5)23(30)20(26-8)25(6,7)18-13-11-10-12-14-18/h10-17,19-21,26H,1-9H3,(H,27,29)(H,31,32,33)/b16-15+/t19-,20-,21-/m1/s1. The molecule has 0 saturated heterocycles. The summed E-state index contributed by atoms with van der Waals surface area (Å²) < 4.78 is 32.4. The van der Waals surface area contributed by atoms with Gasteiger partial charge in [0.05, 0.1) is 17.5 Å². The van der Waals surface area contributed by atoms with E-state index in [4.69, 9.17) is 0 Å². The zero-order chi connectivity index (χ0) is 26.5. The molecule has 2 amide bonds. The molecule has 192 valence electrons. The number of benzene rings is 1. The van der Waals surface area contributed by atoms with Gasteiger partial charge in [-0.25, -0.2) is 0 Å². The normalized spacial score (nSPS) is 15.7. The maximum absolute atomic E-state index is 14.3. The molecule has 0 fully saturated rings. The highest BCUT2D eigenvalue weighted by Crippen LogP contribution is 2.34. The van der Waals surface area contributed by atoms with Gasteiger partial charge in [-0.3, -0.25) is 14.1 Å². The van der Waals surface area contributed by atoms with Crippen LogP contribution in [0.4, 0.5) is 0 Å². The van der Waals surface area contributed by atoms with Crippen LogP contribution >= 0.6 is 0 Å². The molecule has 0 aliphatic rings.